The SMILES string of the molecule is CC(C)N(C(=O)CNc1ccccc1SCC(N)=O)c1ccccc1. The highest BCUT2D eigenvalue weighted by molar-refractivity contribution is 8.00. The van der Waals surface area contributed by atoms with Crippen molar-refractivity contribution in [1.29, 1.82) is 0 Å². The minimum Gasteiger partial charge on any atom is -0.375 e. The minimum absolute atomic E-state index is 0.0177. The Labute approximate surface area is 152 Å². The van der Waals surface area contributed by atoms with Gasteiger partial charge in [0.15, 0.2) is 0 Å². The molecule has 0 aliphatic rings. The number of carbonyl (C=O) groups is 2. The van der Waals surface area contributed by atoms with Crippen LogP contribution in [0.15, 0.2) is 59.5 Å². The number of hydrogen-bond donors (Lipinski definition) is 2. The molecule has 0 heterocycles. The van der Waals surface area contributed by atoms with Crippen LogP contribution in [0, 0.1) is 0 Å². The number of rotatable bonds is 8. The third-order valence-corrected chi connectivity index (χ3v) is 4.60. The molecule has 0 atom stereocenters. The van der Waals surface area contributed by atoms with Crippen molar-refractivity contribution in [3.63, 3.8) is 0 Å². The number of benzene rings is 2. The molecule has 0 aromatic heterocycles. The van der Waals surface area contributed by atoms with E-state index in [0.717, 1.165) is 16.3 Å². The molecule has 6 heteroatoms. The monoisotopic (exact) mass is 357 g/mol. The van der Waals surface area contributed by atoms with Crippen LogP contribution in [0.5, 0.6) is 0 Å². The second-order valence-electron chi connectivity index (χ2n) is 5.80. The Hall–Kier alpha value is -2.47. The fourth-order valence-corrected chi connectivity index (χ4v) is 3.23. The normalized spacial score (nSPS) is 10.5. The summed E-state index contributed by atoms with van der Waals surface area (Å²) in [5.74, 6) is -0.184. The van der Waals surface area contributed by atoms with Gasteiger partial charge >= 0.3 is 0 Å². The van der Waals surface area contributed by atoms with Crippen LogP contribution < -0.4 is 16.0 Å². The van der Waals surface area contributed by atoms with Gasteiger partial charge in [0.1, 0.15) is 0 Å². The molecule has 5 nitrogen and oxygen atoms in total. The number of amides is 2. The summed E-state index contributed by atoms with van der Waals surface area (Å²) in [7, 11) is 0. The van der Waals surface area contributed by atoms with Gasteiger partial charge in [-0.05, 0) is 38.1 Å². The van der Waals surface area contributed by atoms with Crippen LogP contribution in [0.25, 0.3) is 0 Å². The first-order valence-electron chi connectivity index (χ1n) is 8.10. The van der Waals surface area contributed by atoms with Gasteiger partial charge in [-0.2, -0.15) is 0 Å². The van der Waals surface area contributed by atoms with E-state index in [-0.39, 0.29) is 30.2 Å². The van der Waals surface area contributed by atoms with Crippen molar-refractivity contribution in [3.05, 3.63) is 54.6 Å². The van der Waals surface area contributed by atoms with E-state index in [1.807, 2.05) is 68.4 Å². The van der Waals surface area contributed by atoms with Crippen molar-refractivity contribution >= 4 is 35.0 Å². The average Bonchev–Trinajstić information content (AvgIpc) is 2.59. The van der Waals surface area contributed by atoms with Crippen molar-refractivity contribution in [1.82, 2.24) is 0 Å². The van der Waals surface area contributed by atoms with E-state index in [0.29, 0.717) is 0 Å². The van der Waals surface area contributed by atoms with Crippen LogP contribution in [0.3, 0.4) is 0 Å². The lowest BCUT2D eigenvalue weighted by Gasteiger charge is -2.27. The van der Waals surface area contributed by atoms with Gasteiger partial charge in [0.2, 0.25) is 11.8 Å². The van der Waals surface area contributed by atoms with E-state index in [2.05, 4.69) is 5.32 Å². The van der Waals surface area contributed by atoms with Crippen LogP contribution in [0.4, 0.5) is 11.4 Å². The Morgan fingerprint density at radius 2 is 1.72 bits per heavy atom. The fraction of sp³-hybridized carbons (Fsp3) is 0.263. The predicted molar refractivity (Wildman–Crippen MR) is 104 cm³/mol. The number of para-hydroxylation sites is 2. The summed E-state index contributed by atoms with van der Waals surface area (Å²) >= 11 is 1.36. The molecule has 2 aromatic rings. The molecule has 0 fully saturated rings. The number of hydrogen-bond acceptors (Lipinski definition) is 4. The highest BCUT2D eigenvalue weighted by Gasteiger charge is 2.18. The number of nitrogens with two attached hydrogens (primary N) is 1. The molecule has 0 radical (unpaired) electrons. The summed E-state index contributed by atoms with van der Waals surface area (Å²) in [6.07, 6.45) is 0. The van der Waals surface area contributed by atoms with Crippen LogP contribution >= 0.6 is 11.8 Å². The average molecular weight is 357 g/mol. The zero-order chi connectivity index (χ0) is 18.2. The zero-order valence-electron chi connectivity index (χ0n) is 14.4. The Bertz CT molecular complexity index is 720. The molecule has 2 aromatic carbocycles. The maximum Gasteiger partial charge on any atom is 0.246 e. The Morgan fingerprint density at radius 1 is 1.08 bits per heavy atom. The lowest BCUT2D eigenvalue weighted by molar-refractivity contribution is -0.117. The molecule has 2 rings (SSSR count). The van der Waals surface area contributed by atoms with Gasteiger partial charge in [0.05, 0.1) is 12.3 Å². The van der Waals surface area contributed by atoms with Crippen LogP contribution in [0.2, 0.25) is 0 Å². The lowest BCUT2D eigenvalue weighted by atomic mass is 10.2. The number of anilines is 2. The number of primary amides is 1. The second-order valence-corrected chi connectivity index (χ2v) is 6.81. The van der Waals surface area contributed by atoms with Crippen LogP contribution in [-0.2, 0) is 9.59 Å². The molecule has 0 bridgehead atoms. The summed E-state index contributed by atoms with van der Waals surface area (Å²) in [6, 6.07) is 17.2. The quantitative estimate of drug-likeness (QED) is 0.712. The van der Waals surface area contributed by atoms with Gasteiger partial charge in [-0.25, -0.2) is 0 Å². The van der Waals surface area contributed by atoms with E-state index in [1.54, 1.807) is 4.90 Å². The molecule has 132 valence electrons. The third kappa shape index (κ3) is 5.53. The van der Waals surface area contributed by atoms with Crippen molar-refractivity contribution in [2.75, 3.05) is 22.5 Å². The van der Waals surface area contributed by atoms with Gasteiger partial charge in [0.25, 0.3) is 0 Å². The number of nitrogens with zero attached hydrogens (tertiary/aromatic N) is 1. The Kier molecular flexibility index (Phi) is 6.89. The number of thioether (sulfide) groups is 1. The van der Waals surface area contributed by atoms with Crippen LogP contribution in [0.1, 0.15) is 13.8 Å². The van der Waals surface area contributed by atoms with E-state index in [9.17, 15) is 9.59 Å². The van der Waals surface area contributed by atoms with E-state index in [4.69, 9.17) is 5.73 Å². The summed E-state index contributed by atoms with van der Waals surface area (Å²) in [5.41, 5.74) is 6.90. The fourth-order valence-electron chi connectivity index (χ4n) is 2.46. The molecule has 0 aliphatic heterocycles. The first-order valence-corrected chi connectivity index (χ1v) is 9.08. The molecule has 2 amide bonds. The summed E-state index contributed by atoms with van der Waals surface area (Å²) < 4.78 is 0. The largest absolute Gasteiger partial charge is 0.375 e. The zero-order valence-corrected chi connectivity index (χ0v) is 15.3. The molecular weight excluding hydrogens is 334 g/mol. The molecule has 0 unspecified atom stereocenters. The highest BCUT2D eigenvalue weighted by atomic mass is 32.2. The van der Waals surface area contributed by atoms with E-state index in [1.165, 1.54) is 11.8 Å². The van der Waals surface area contributed by atoms with Crippen LogP contribution in [-0.4, -0.2) is 30.2 Å². The van der Waals surface area contributed by atoms with Crippen molar-refractivity contribution in [2.45, 2.75) is 24.8 Å². The van der Waals surface area contributed by atoms with Gasteiger partial charge in [-0.1, -0.05) is 30.3 Å². The molecule has 0 saturated carbocycles. The standard InChI is InChI=1S/C19H23N3O2S/c1-14(2)22(15-8-4-3-5-9-15)19(24)12-21-16-10-6-7-11-17(16)25-13-18(20)23/h3-11,14,21H,12-13H2,1-2H3,(H2,20,23). The second kappa shape index (κ2) is 9.13. The summed E-state index contributed by atoms with van der Waals surface area (Å²) in [4.78, 5) is 26.4. The van der Waals surface area contributed by atoms with Crippen molar-refractivity contribution < 1.29 is 9.59 Å². The number of nitrogens with one attached hydrogen (secondary N) is 1. The van der Waals surface area contributed by atoms with Gasteiger partial charge < -0.3 is 16.0 Å². The smallest absolute Gasteiger partial charge is 0.246 e. The molecule has 3 N–H and O–H groups in total. The molecular formula is C19H23N3O2S. The maximum absolute atomic E-state index is 12.7. The molecule has 25 heavy (non-hydrogen) atoms. The predicted octanol–water partition coefficient (Wildman–Crippen LogP) is 3.12. The van der Waals surface area contributed by atoms with Gasteiger partial charge in [-0.3, -0.25) is 9.59 Å². The van der Waals surface area contributed by atoms with Crippen molar-refractivity contribution in [3.8, 4) is 0 Å². The highest BCUT2D eigenvalue weighted by Crippen LogP contribution is 2.26. The summed E-state index contributed by atoms with van der Waals surface area (Å²) in [6.45, 7) is 4.14. The first-order chi connectivity index (χ1) is 12.0. The molecule has 0 aliphatic carbocycles. The lowest BCUT2D eigenvalue weighted by Crippen LogP contribution is -2.40. The molecule has 0 spiro atoms. The van der Waals surface area contributed by atoms with E-state index < -0.39 is 0 Å². The molecule has 0 saturated heterocycles. The first kappa shape index (κ1) is 18.9. The number of carbonyl (C=O) groups excluding carboxylic acids is 2. The maximum atomic E-state index is 12.7. The van der Waals surface area contributed by atoms with E-state index >= 15 is 0 Å². The summed E-state index contributed by atoms with van der Waals surface area (Å²) in [5, 5.41) is 3.18. The van der Waals surface area contributed by atoms with Crippen molar-refractivity contribution in [2.24, 2.45) is 5.73 Å². The Morgan fingerprint density at radius 3 is 2.36 bits per heavy atom. The Balaban J connectivity index is 2.07. The third-order valence-electron chi connectivity index (χ3n) is 3.51. The minimum atomic E-state index is -0.370. The van der Waals surface area contributed by atoms with Gasteiger partial charge in [-0.15, -0.1) is 11.8 Å². The van der Waals surface area contributed by atoms with Gasteiger partial charge in [0, 0.05) is 22.3 Å². The topological polar surface area (TPSA) is 75.4 Å².